The molecule has 0 amide bonds. The molecule has 2 aromatic rings. The maximum absolute atomic E-state index is 14.0. The maximum atomic E-state index is 14.0. The number of benzene rings is 1. The van der Waals surface area contributed by atoms with E-state index in [2.05, 4.69) is 20.9 Å². The molecule has 1 heterocycles. The Morgan fingerprint density at radius 2 is 2.12 bits per heavy atom. The molecule has 0 fully saturated rings. The molecule has 17 heavy (non-hydrogen) atoms. The van der Waals surface area contributed by atoms with Crippen molar-refractivity contribution in [1.29, 1.82) is 0 Å². The molecule has 2 rings (SSSR count). The van der Waals surface area contributed by atoms with E-state index in [1.54, 1.807) is 6.07 Å². The topological polar surface area (TPSA) is 36.0 Å². The second-order valence-electron chi connectivity index (χ2n) is 5.10. The molecular weight excluding hydrogens is 285 g/mol. The van der Waals surface area contributed by atoms with Crippen LogP contribution in [-0.4, -0.2) is 16.7 Å². The van der Waals surface area contributed by atoms with E-state index in [1.807, 2.05) is 26.1 Å². The quantitative estimate of drug-likeness (QED) is 0.892. The van der Waals surface area contributed by atoms with Crippen LogP contribution in [0.1, 0.15) is 19.4 Å². The minimum absolute atomic E-state index is 0.0787. The van der Waals surface area contributed by atoms with Crippen LogP contribution < -0.4 is 0 Å². The summed E-state index contributed by atoms with van der Waals surface area (Å²) in [5, 5.41) is 9.89. The van der Waals surface area contributed by atoms with Crippen molar-refractivity contribution in [2.75, 3.05) is 6.61 Å². The van der Waals surface area contributed by atoms with Gasteiger partial charge in [0, 0.05) is 23.7 Å². The van der Waals surface area contributed by atoms with E-state index in [4.69, 9.17) is 0 Å². The van der Waals surface area contributed by atoms with Crippen molar-refractivity contribution in [3.8, 4) is 0 Å². The smallest absolute Gasteiger partial charge is 0.147 e. The Morgan fingerprint density at radius 3 is 2.76 bits per heavy atom. The van der Waals surface area contributed by atoms with E-state index >= 15 is 0 Å². The summed E-state index contributed by atoms with van der Waals surface area (Å²) in [6, 6.07) is 3.53. The number of H-pyrrole nitrogens is 1. The van der Waals surface area contributed by atoms with Crippen LogP contribution in [0.2, 0.25) is 0 Å². The summed E-state index contributed by atoms with van der Waals surface area (Å²) in [5.41, 5.74) is 1.44. The third-order valence-electron chi connectivity index (χ3n) is 2.91. The maximum Gasteiger partial charge on any atom is 0.147 e. The number of rotatable bonds is 3. The first-order chi connectivity index (χ1) is 7.94. The molecule has 0 saturated carbocycles. The fourth-order valence-electron chi connectivity index (χ4n) is 1.93. The molecule has 0 radical (unpaired) electrons. The van der Waals surface area contributed by atoms with E-state index in [0.29, 0.717) is 16.3 Å². The molecule has 0 bridgehead atoms. The molecule has 92 valence electrons. The molecule has 0 saturated heterocycles. The van der Waals surface area contributed by atoms with Gasteiger partial charge in [-0.3, -0.25) is 0 Å². The Hall–Kier alpha value is -0.870. The largest absolute Gasteiger partial charge is 0.396 e. The second kappa shape index (κ2) is 4.42. The van der Waals surface area contributed by atoms with Gasteiger partial charge in [-0.05, 0) is 45.5 Å². The summed E-state index contributed by atoms with van der Waals surface area (Å²) in [6.45, 7) is 4.00. The average Bonchev–Trinajstić information content (AvgIpc) is 2.67. The Morgan fingerprint density at radius 1 is 1.41 bits per heavy atom. The molecule has 0 aliphatic carbocycles. The van der Waals surface area contributed by atoms with Crippen molar-refractivity contribution in [2.45, 2.75) is 20.3 Å². The van der Waals surface area contributed by atoms with Gasteiger partial charge < -0.3 is 10.1 Å². The number of aliphatic hydroxyl groups is 1. The lowest BCUT2D eigenvalue weighted by Crippen LogP contribution is -2.19. The predicted octanol–water partition coefficient (Wildman–Crippen LogP) is 3.63. The van der Waals surface area contributed by atoms with Crippen LogP contribution in [0.3, 0.4) is 0 Å². The van der Waals surface area contributed by atoms with Crippen LogP contribution in [0, 0.1) is 11.2 Å². The minimum Gasteiger partial charge on any atom is -0.396 e. The monoisotopic (exact) mass is 299 g/mol. The van der Waals surface area contributed by atoms with Gasteiger partial charge in [-0.15, -0.1) is 0 Å². The van der Waals surface area contributed by atoms with Crippen LogP contribution in [0.15, 0.2) is 22.8 Å². The van der Waals surface area contributed by atoms with Gasteiger partial charge in [0.1, 0.15) is 5.82 Å². The van der Waals surface area contributed by atoms with E-state index in [0.717, 1.165) is 11.1 Å². The van der Waals surface area contributed by atoms with Gasteiger partial charge in [-0.25, -0.2) is 4.39 Å². The zero-order chi connectivity index (χ0) is 12.6. The van der Waals surface area contributed by atoms with Crippen LogP contribution in [0.25, 0.3) is 10.9 Å². The average molecular weight is 300 g/mol. The summed E-state index contributed by atoms with van der Waals surface area (Å²) in [7, 11) is 0. The highest BCUT2D eigenvalue weighted by atomic mass is 79.9. The van der Waals surface area contributed by atoms with Gasteiger partial charge in [0.15, 0.2) is 0 Å². The van der Waals surface area contributed by atoms with Gasteiger partial charge in [-0.2, -0.15) is 0 Å². The molecule has 1 aromatic carbocycles. The van der Waals surface area contributed by atoms with E-state index in [9.17, 15) is 9.50 Å². The number of hydrogen-bond donors (Lipinski definition) is 2. The minimum atomic E-state index is -0.246. The highest BCUT2D eigenvalue weighted by Gasteiger charge is 2.21. The summed E-state index contributed by atoms with van der Waals surface area (Å²) >= 11 is 3.19. The number of halogens is 2. The number of hydrogen-bond acceptors (Lipinski definition) is 1. The molecule has 2 nitrogen and oxygen atoms in total. The molecule has 0 unspecified atom stereocenters. The zero-order valence-corrected chi connectivity index (χ0v) is 11.4. The zero-order valence-electron chi connectivity index (χ0n) is 9.85. The number of fused-ring (bicyclic) bond motifs is 1. The summed E-state index contributed by atoms with van der Waals surface area (Å²) in [5.74, 6) is -0.243. The molecule has 0 atom stereocenters. The highest BCUT2D eigenvalue weighted by Crippen LogP contribution is 2.31. The first-order valence-electron chi connectivity index (χ1n) is 5.49. The van der Waals surface area contributed by atoms with E-state index in [-0.39, 0.29) is 17.8 Å². The van der Waals surface area contributed by atoms with Crippen molar-refractivity contribution in [1.82, 2.24) is 4.98 Å². The van der Waals surface area contributed by atoms with E-state index in [1.165, 1.54) is 0 Å². The van der Waals surface area contributed by atoms with E-state index < -0.39 is 0 Å². The van der Waals surface area contributed by atoms with Crippen molar-refractivity contribution in [3.63, 3.8) is 0 Å². The normalized spacial score (nSPS) is 12.3. The van der Waals surface area contributed by atoms with Gasteiger partial charge >= 0.3 is 0 Å². The first kappa shape index (κ1) is 12.6. The number of nitrogens with one attached hydrogen (secondary N) is 1. The predicted molar refractivity (Wildman–Crippen MR) is 70.5 cm³/mol. The molecule has 0 spiro atoms. The van der Waals surface area contributed by atoms with Crippen molar-refractivity contribution < 1.29 is 9.50 Å². The van der Waals surface area contributed by atoms with Crippen LogP contribution in [-0.2, 0) is 6.42 Å². The fraction of sp³-hybridized carbons (Fsp3) is 0.385. The third kappa shape index (κ3) is 2.38. The SMILES string of the molecule is CC(C)(CO)Cc1c[nH]c2ccc(Br)c(F)c12. The fourth-order valence-corrected chi connectivity index (χ4v) is 2.26. The van der Waals surface area contributed by atoms with Gasteiger partial charge in [0.25, 0.3) is 0 Å². The van der Waals surface area contributed by atoms with Crippen molar-refractivity contribution in [3.05, 3.63) is 34.2 Å². The van der Waals surface area contributed by atoms with Gasteiger partial charge in [-0.1, -0.05) is 13.8 Å². The Balaban J connectivity index is 2.52. The van der Waals surface area contributed by atoms with Crippen LogP contribution in [0.5, 0.6) is 0 Å². The lowest BCUT2D eigenvalue weighted by atomic mass is 9.86. The van der Waals surface area contributed by atoms with Crippen molar-refractivity contribution in [2.24, 2.45) is 5.41 Å². The number of aromatic amines is 1. The highest BCUT2D eigenvalue weighted by molar-refractivity contribution is 9.10. The molecule has 0 aliphatic heterocycles. The van der Waals surface area contributed by atoms with Gasteiger partial charge in [0.2, 0.25) is 0 Å². The first-order valence-corrected chi connectivity index (χ1v) is 6.29. The summed E-state index contributed by atoms with van der Waals surface area (Å²) in [4.78, 5) is 3.06. The summed E-state index contributed by atoms with van der Waals surface area (Å²) < 4.78 is 14.5. The molecule has 0 aliphatic rings. The van der Waals surface area contributed by atoms with Gasteiger partial charge in [0.05, 0.1) is 4.47 Å². The standard InChI is InChI=1S/C13H15BrFNO/c1-13(2,7-17)5-8-6-16-10-4-3-9(14)12(15)11(8)10/h3-4,6,16-17H,5,7H2,1-2H3. The lowest BCUT2D eigenvalue weighted by molar-refractivity contribution is 0.160. The summed E-state index contributed by atoms with van der Waals surface area (Å²) in [6.07, 6.45) is 2.45. The van der Waals surface area contributed by atoms with Crippen molar-refractivity contribution >= 4 is 26.8 Å². The number of aliphatic hydroxyl groups excluding tert-OH is 1. The Labute approximate surface area is 108 Å². The third-order valence-corrected chi connectivity index (χ3v) is 3.53. The lowest BCUT2D eigenvalue weighted by Gasteiger charge is -2.20. The number of aromatic nitrogens is 1. The molecule has 2 N–H and O–H groups in total. The molecule has 4 heteroatoms. The second-order valence-corrected chi connectivity index (χ2v) is 5.95. The Bertz CT molecular complexity index is 548. The Kier molecular flexibility index (Phi) is 3.27. The van der Waals surface area contributed by atoms with Crippen LogP contribution >= 0.6 is 15.9 Å². The molecule has 1 aromatic heterocycles. The molecular formula is C13H15BrFNO. The van der Waals surface area contributed by atoms with Crippen LogP contribution in [0.4, 0.5) is 4.39 Å².